The molecule has 0 saturated carbocycles. The predicted molar refractivity (Wildman–Crippen MR) is 115 cm³/mol. The van der Waals surface area contributed by atoms with E-state index in [1.165, 1.54) is 0 Å². The largest absolute Gasteiger partial charge is 0.369 e. The normalized spacial score (nSPS) is 21.6. The van der Waals surface area contributed by atoms with Gasteiger partial charge in [0, 0.05) is 51.8 Å². The molecule has 1 aromatic rings. The van der Waals surface area contributed by atoms with E-state index in [2.05, 4.69) is 20.4 Å². The van der Waals surface area contributed by atoms with Crippen molar-refractivity contribution < 1.29 is 24.0 Å². The van der Waals surface area contributed by atoms with E-state index in [0.717, 1.165) is 49.7 Å². The van der Waals surface area contributed by atoms with Crippen molar-refractivity contribution in [3.8, 4) is 0 Å². The Kier molecular flexibility index (Phi) is 6.22. The zero-order valence-corrected chi connectivity index (χ0v) is 18.1. The van der Waals surface area contributed by atoms with Crippen molar-refractivity contribution in [1.29, 1.82) is 0 Å². The summed E-state index contributed by atoms with van der Waals surface area (Å²) < 4.78 is 0. The maximum absolute atomic E-state index is 13.0. The number of piperazine rings is 1. The standard InChI is InChI=1S/C22H27N5O5/c1-23-18(28)3-2-8-25-9-11-26(12-10-25)14-4-5-15-16(13-14)22(32)27(21(15)31)17-6-7-19(29)24-20(17)30/h4-5,13,17H,2-3,6-12H2,1H3,(H,23,28)(H,24,29,30). The van der Waals surface area contributed by atoms with Gasteiger partial charge in [-0.05, 0) is 37.6 Å². The summed E-state index contributed by atoms with van der Waals surface area (Å²) in [5.41, 5.74) is 1.45. The van der Waals surface area contributed by atoms with E-state index in [1.54, 1.807) is 19.2 Å². The smallest absolute Gasteiger partial charge is 0.262 e. The van der Waals surface area contributed by atoms with Gasteiger partial charge in [0.05, 0.1) is 11.1 Å². The zero-order chi connectivity index (χ0) is 22.8. The van der Waals surface area contributed by atoms with Gasteiger partial charge < -0.3 is 10.2 Å². The van der Waals surface area contributed by atoms with Crippen molar-refractivity contribution in [2.45, 2.75) is 31.7 Å². The number of piperidine rings is 1. The molecule has 3 aliphatic rings. The molecule has 1 aromatic carbocycles. The maximum Gasteiger partial charge on any atom is 0.262 e. The van der Waals surface area contributed by atoms with Crippen LogP contribution >= 0.6 is 0 Å². The number of amides is 5. The van der Waals surface area contributed by atoms with Crippen LogP contribution < -0.4 is 15.5 Å². The van der Waals surface area contributed by atoms with E-state index in [0.29, 0.717) is 12.0 Å². The zero-order valence-electron chi connectivity index (χ0n) is 18.1. The molecule has 2 saturated heterocycles. The molecule has 170 valence electrons. The quantitative estimate of drug-likeness (QED) is 0.584. The molecule has 1 atom stereocenters. The highest BCUT2D eigenvalue weighted by Crippen LogP contribution is 2.31. The van der Waals surface area contributed by atoms with Gasteiger partial charge in [0.1, 0.15) is 6.04 Å². The number of carbonyl (C=O) groups is 5. The molecule has 10 heteroatoms. The molecule has 2 N–H and O–H groups in total. The first-order valence-corrected chi connectivity index (χ1v) is 10.9. The molecule has 32 heavy (non-hydrogen) atoms. The Bertz CT molecular complexity index is 969. The van der Waals surface area contributed by atoms with Gasteiger partial charge in [-0.3, -0.25) is 39.1 Å². The third kappa shape index (κ3) is 4.22. The van der Waals surface area contributed by atoms with Crippen LogP contribution in [-0.4, -0.2) is 85.1 Å². The van der Waals surface area contributed by atoms with Crippen LogP contribution in [0.3, 0.4) is 0 Å². The summed E-state index contributed by atoms with van der Waals surface area (Å²) in [5, 5.41) is 4.84. The summed E-state index contributed by atoms with van der Waals surface area (Å²) in [6.45, 7) is 4.11. The van der Waals surface area contributed by atoms with Crippen molar-refractivity contribution in [3.05, 3.63) is 29.3 Å². The molecule has 2 fully saturated rings. The van der Waals surface area contributed by atoms with Gasteiger partial charge in [-0.25, -0.2) is 0 Å². The fraction of sp³-hybridized carbons (Fsp3) is 0.500. The number of fused-ring (bicyclic) bond motifs is 1. The molecule has 1 unspecified atom stereocenters. The van der Waals surface area contributed by atoms with E-state index in [-0.39, 0.29) is 24.3 Å². The lowest BCUT2D eigenvalue weighted by Crippen LogP contribution is -2.54. The van der Waals surface area contributed by atoms with Crippen molar-refractivity contribution in [2.24, 2.45) is 0 Å². The Balaban J connectivity index is 1.40. The van der Waals surface area contributed by atoms with Crippen LogP contribution in [0.5, 0.6) is 0 Å². The molecule has 3 heterocycles. The molecule has 5 amide bonds. The van der Waals surface area contributed by atoms with Crippen LogP contribution in [0.15, 0.2) is 18.2 Å². The van der Waals surface area contributed by atoms with Gasteiger partial charge in [-0.15, -0.1) is 0 Å². The molecular weight excluding hydrogens is 414 g/mol. The van der Waals surface area contributed by atoms with Crippen LogP contribution in [0.1, 0.15) is 46.4 Å². The third-order valence-electron chi connectivity index (χ3n) is 6.32. The molecule has 0 spiro atoms. The van der Waals surface area contributed by atoms with Gasteiger partial charge in [-0.2, -0.15) is 0 Å². The molecule has 0 aromatic heterocycles. The fourth-order valence-corrected chi connectivity index (χ4v) is 4.47. The highest BCUT2D eigenvalue weighted by Gasteiger charge is 2.44. The summed E-state index contributed by atoms with van der Waals surface area (Å²) in [6.07, 6.45) is 1.57. The van der Waals surface area contributed by atoms with E-state index in [1.807, 2.05) is 6.07 Å². The molecular formula is C22H27N5O5. The topological polar surface area (TPSA) is 119 Å². The maximum atomic E-state index is 13.0. The minimum Gasteiger partial charge on any atom is -0.369 e. The van der Waals surface area contributed by atoms with Gasteiger partial charge >= 0.3 is 0 Å². The second kappa shape index (κ2) is 9.07. The highest BCUT2D eigenvalue weighted by atomic mass is 16.2. The second-order valence-electron chi connectivity index (χ2n) is 8.28. The predicted octanol–water partition coefficient (Wildman–Crippen LogP) is -0.264. The van der Waals surface area contributed by atoms with Crippen LogP contribution in [0.25, 0.3) is 0 Å². The molecule has 3 aliphatic heterocycles. The van der Waals surface area contributed by atoms with Gasteiger partial charge in [0.25, 0.3) is 11.8 Å². The number of benzene rings is 1. The molecule has 4 rings (SSSR count). The first-order valence-electron chi connectivity index (χ1n) is 10.9. The monoisotopic (exact) mass is 441 g/mol. The average Bonchev–Trinajstić information content (AvgIpc) is 3.04. The van der Waals surface area contributed by atoms with Gasteiger partial charge in [0.15, 0.2) is 0 Å². The second-order valence-corrected chi connectivity index (χ2v) is 8.28. The number of hydrogen-bond donors (Lipinski definition) is 2. The Morgan fingerprint density at radius 3 is 2.47 bits per heavy atom. The fourth-order valence-electron chi connectivity index (χ4n) is 4.47. The lowest BCUT2D eigenvalue weighted by atomic mass is 10.0. The van der Waals surface area contributed by atoms with Crippen LogP contribution in [0, 0.1) is 0 Å². The van der Waals surface area contributed by atoms with Crippen LogP contribution in [-0.2, 0) is 14.4 Å². The summed E-state index contributed by atoms with van der Waals surface area (Å²) in [6, 6.07) is 4.25. The highest BCUT2D eigenvalue weighted by molar-refractivity contribution is 6.23. The minimum atomic E-state index is -0.957. The molecule has 0 radical (unpaired) electrons. The Hall–Kier alpha value is -3.27. The van der Waals surface area contributed by atoms with E-state index in [4.69, 9.17) is 0 Å². The summed E-state index contributed by atoms with van der Waals surface area (Å²) >= 11 is 0. The van der Waals surface area contributed by atoms with Crippen LogP contribution in [0.2, 0.25) is 0 Å². The summed E-state index contributed by atoms with van der Waals surface area (Å²) in [5.74, 6) is -1.94. The van der Waals surface area contributed by atoms with E-state index in [9.17, 15) is 24.0 Å². The van der Waals surface area contributed by atoms with Gasteiger partial charge in [0.2, 0.25) is 17.7 Å². The number of anilines is 1. The van der Waals surface area contributed by atoms with E-state index < -0.39 is 29.7 Å². The summed E-state index contributed by atoms with van der Waals surface area (Å²) in [7, 11) is 1.64. The number of carbonyl (C=O) groups excluding carboxylic acids is 5. The SMILES string of the molecule is CNC(=O)CCCN1CCN(c2ccc3c(c2)C(=O)N(C2CCC(=O)NC2=O)C3=O)CC1. The lowest BCUT2D eigenvalue weighted by molar-refractivity contribution is -0.136. The number of rotatable bonds is 6. The Morgan fingerprint density at radius 2 is 1.78 bits per heavy atom. The number of imide groups is 2. The Morgan fingerprint density at radius 1 is 1.06 bits per heavy atom. The number of hydrogen-bond acceptors (Lipinski definition) is 7. The van der Waals surface area contributed by atoms with Crippen LogP contribution in [0.4, 0.5) is 5.69 Å². The van der Waals surface area contributed by atoms with Crippen molar-refractivity contribution in [1.82, 2.24) is 20.4 Å². The molecule has 0 bridgehead atoms. The first kappa shape index (κ1) is 21.9. The number of nitrogens with zero attached hydrogens (tertiary/aromatic N) is 3. The van der Waals surface area contributed by atoms with Crippen molar-refractivity contribution in [2.75, 3.05) is 44.7 Å². The average molecular weight is 441 g/mol. The van der Waals surface area contributed by atoms with Crippen molar-refractivity contribution >= 4 is 35.2 Å². The third-order valence-corrected chi connectivity index (χ3v) is 6.32. The summed E-state index contributed by atoms with van der Waals surface area (Å²) in [4.78, 5) is 66.3. The number of nitrogens with one attached hydrogen (secondary N) is 2. The molecule has 10 nitrogen and oxygen atoms in total. The lowest BCUT2D eigenvalue weighted by Gasteiger charge is -2.36. The van der Waals surface area contributed by atoms with Crippen molar-refractivity contribution in [3.63, 3.8) is 0 Å². The van der Waals surface area contributed by atoms with E-state index >= 15 is 0 Å². The van der Waals surface area contributed by atoms with Gasteiger partial charge in [-0.1, -0.05) is 0 Å². The minimum absolute atomic E-state index is 0.0485. The molecule has 0 aliphatic carbocycles. The Labute approximate surface area is 185 Å². The first-order chi connectivity index (χ1) is 15.4.